The smallest absolute Gasteiger partial charge is 0.255 e. The molecule has 0 saturated heterocycles. The maximum Gasteiger partial charge on any atom is 0.255 e. The molecule has 0 aromatic heterocycles. The number of phenolic OH excluding ortho intramolecular Hbond substituents is 1. The largest absolute Gasteiger partial charge is 0.510 e. The molecule has 11 heteroatoms. The van der Waals surface area contributed by atoms with Crippen LogP contribution in [0.5, 0.6) is 5.75 Å². The van der Waals surface area contributed by atoms with Crippen LogP contribution in [0.4, 0.5) is 5.69 Å². The van der Waals surface area contributed by atoms with Crippen LogP contribution in [0, 0.1) is 23.7 Å². The first kappa shape index (κ1) is 28.2. The van der Waals surface area contributed by atoms with Crippen LogP contribution in [0.25, 0.3) is 0 Å². The van der Waals surface area contributed by atoms with Crippen LogP contribution in [0.1, 0.15) is 27.9 Å². The van der Waals surface area contributed by atoms with E-state index in [0.717, 1.165) is 0 Å². The van der Waals surface area contributed by atoms with Crippen molar-refractivity contribution in [2.24, 2.45) is 17.6 Å². The summed E-state index contributed by atoms with van der Waals surface area (Å²) in [5.74, 6) is -0.973. The molecule has 3 aliphatic rings. The summed E-state index contributed by atoms with van der Waals surface area (Å²) in [6, 6.07) is 0.671. The van der Waals surface area contributed by atoms with Gasteiger partial charge in [-0.25, -0.2) is 0 Å². The fourth-order valence-electron chi connectivity index (χ4n) is 6.09. The predicted octanol–water partition coefficient (Wildman–Crippen LogP) is 0.0997. The number of ketones is 2. The van der Waals surface area contributed by atoms with Crippen LogP contribution >= 0.6 is 0 Å². The summed E-state index contributed by atoms with van der Waals surface area (Å²) in [7, 11) is 10.5. The topological polar surface area (TPSA) is 168 Å². The van der Waals surface area contributed by atoms with Crippen molar-refractivity contribution < 1.29 is 34.8 Å². The summed E-state index contributed by atoms with van der Waals surface area (Å²) < 4.78 is 0. The van der Waals surface area contributed by atoms with Crippen LogP contribution in [0.15, 0.2) is 28.7 Å². The molecule has 3 aliphatic carbocycles. The number of amides is 1. The summed E-state index contributed by atoms with van der Waals surface area (Å²) in [5, 5.41) is 45.2. The van der Waals surface area contributed by atoms with E-state index in [4.69, 9.17) is 5.73 Å². The van der Waals surface area contributed by atoms with Crippen LogP contribution < -0.4 is 10.6 Å². The minimum atomic E-state index is -2.67. The van der Waals surface area contributed by atoms with E-state index < -0.39 is 58.0 Å². The Labute approximate surface area is 226 Å². The number of aliphatic hydroxyl groups excluding tert-OH is 2. The normalized spacial score (nSPS) is 26.2. The first-order valence-corrected chi connectivity index (χ1v) is 12.5. The van der Waals surface area contributed by atoms with Gasteiger partial charge in [0.15, 0.2) is 11.4 Å². The molecule has 0 fully saturated rings. The summed E-state index contributed by atoms with van der Waals surface area (Å²) >= 11 is 0. The van der Waals surface area contributed by atoms with Gasteiger partial charge >= 0.3 is 0 Å². The number of hydrogen-bond donors (Lipinski definition) is 5. The molecule has 6 N–H and O–H groups in total. The van der Waals surface area contributed by atoms with E-state index in [1.165, 1.54) is 4.90 Å². The van der Waals surface area contributed by atoms with Crippen molar-refractivity contribution in [1.82, 2.24) is 9.80 Å². The summed E-state index contributed by atoms with van der Waals surface area (Å²) in [5.41, 5.74) is 3.04. The highest BCUT2D eigenvalue weighted by molar-refractivity contribution is 6.25. The number of allylic oxidation sites excluding steroid dienone is 1. The molecule has 4 rings (SSSR count). The van der Waals surface area contributed by atoms with Crippen molar-refractivity contribution in [1.29, 1.82) is 0 Å². The second-order valence-corrected chi connectivity index (χ2v) is 11.0. The lowest BCUT2D eigenvalue weighted by Crippen LogP contribution is -2.63. The third-order valence-electron chi connectivity index (χ3n) is 7.80. The molecule has 1 aromatic carbocycles. The van der Waals surface area contributed by atoms with Gasteiger partial charge < -0.3 is 31.1 Å². The summed E-state index contributed by atoms with van der Waals surface area (Å²) in [6.45, 7) is 0.419. The molecule has 0 radical (unpaired) electrons. The van der Waals surface area contributed by atoms with Crippen molar-refractivity contribution in [2.75, 3.05) is 53.7 Å². The number of fused-ring (bicyclic) bond motifs is 3. The average Bonchev–Trinajstić information content (AvgIpc) is 2.81. The zero-order valence-corrected chi connectivity index (χ0v) is 22.9. The SMILES string of the molecule is CN(C)CC#Cc1cc(N(C)C)c2c(c1O)C(=O)C1=C(O)[C@]3(O)C(=O)C(C(N)=O)=C(O)C(N(C)C)[C@@H]3C[C@@H]1C2. The van der Waals surface area contributed by atoms with Gasteiger partial charge in [0.2, 0.25) is 5.78 Å². The quantitative estimate of drug-likeness (QED) is 0.262. The number of phenols is 1. The number of likely N-dealkylation sites (N-methyl/N-ethyl adjacent to an activating group) is 1. The fraction of sp³-hybridized carbons (Fsp3) is 0.464. The van der Waals surface area contributed by atoms with E-state index in [1.54, 1.807) is 39.2 Å². The Balaban J connectivity index is 1.96. The number of aliphatic hydroxyl groups is 3. The zero-order valence-electron chi connectivity index (χ0n) is 22.9. The molecule has 0 bridgehead atoms. The molecule has 4 atom stereocenters. The third kappa shape index (κ3) is 4.16. The van der Waals surface area contributed by atoms with E-state index in [2.05, 4.69) is 11.8 Å². The van der Waals surface area contributed by atoms with E-state index in [9.17, 15) is 34.8 Å². The van der Waals surface area contributed by atoms with Crippen molar-refractivity contribution in [3.8, 4) is 17.6 Å². The first-order valence-electron chi connectivity index (χ1n) is 12.5. The summed E-state index contributed by atoms with van der Waals surface area (Å²) in [6.07, 6.45) is 0.241. The molecule has 0 saturated carbocycles. The molecular weight excluding hydrogens is 504 g/mol. The monoisotopic (exact) mass is 538 g/mol. The molecule has 39 heavy (non-hydrogen) atoms. The number of carbonyl (C=O) groups is 3. The van der Waals surface area contributed by atoms with Gasteiger partial charge in [0.1, 0.15) is 22.8 Å². The third-order valence-corrected chi connectivity index (χ3v) is 7.80. The zero-order chi connectivity index (χ0) is 29.1. The molecule has 0 heterocycles. The fourth-order valence-corrected chi connectivity index (χ4v) is 6.09. The number of carbonyl (C=O) groups excluding carboxylic acids is 3. The van der Waals surface area contributed by atoms with Gasteiger partial charge in [-0.2, -0.15) is 0 Å². The Hall–Kier alpha value is -3.85. The standard InChI is InChI=1S/C28H34N4O7/c1-30(2)9-7-8-13-12-17(31(3)4)15-10-14-11-16-21(32(5)6)24(35)20(27(29)38)26(37)28(16,39)25(36)18(14)23(34)19(15)22(13)33/h12,14,16,21,33,35-36,39H,9-11H2,1-6H3,(H2,29,38)/t14-,16-,21?,28-/m0/s1. The molecule has 1 aromatic rings. The van der Waals surface area contributed by atoms with E-state index in [-0.39, 0.29) is 35.3 Å². The lowest BCUT2D eigenvalue weighted by Gasteiger charge is -2.50. The number of nitrogens with two attached hydrogens (primary N) is 1. The van der Waals surface area contributed by atoms with Gasteiger partial charge in [-0.1, -0.05) is 11.8 Å². The molecule has 208 valence electrons. The predicted molar refractivity (Wildman–Crippen MR) is 143 cm³/mol. The van der Waals surface area contributed by atoms with Gasteiger partial charge in [0.25, 0.3) is 5.91 Å². The minimum absolute atomic E-state index is 0.0315. The van der Waals surface area contributed by atoms with E-state index in [1.807, 2.05) is 19.0 Å². The molecule has 11 nitrogen and oxygen atoms in total. The van der Waals surface area contributed by atoms with Crippen molar-refractivity contribution in [2.45, 2.75) is 24.5 Å². The number of hydrogen-bond acceptors (Lipinski definition) is 10. The van der Waals surface area contributed by atoms with Gasteiger partial charge in [0.05, 0.1) is 23.7 Å². The van der Waals surface area contributed by atoms with Gasteiger partial charge in [0, 0.05) is 31.3 Å². The average molecular weight is 539 g/mol. The molecule has 0 spiro atoms. The van der Waals surface area contributed by atoms with Crippen LogP contribution in [0.3, 0.4) is 0 Å². The number of Topliss-reactive ketones (excluding diaryl/α,β-unsaturated/α-hetero) is 2. The first-order chi connectivity index (χ1) is 18.1. The van der Waals surface area contributed by atoms with Crippen molar-refractivity contribution >= 4 is 23.2 Å². The number of anilines is 1. The maximum absolute atomic E-state index is 14.0. The second-order valence-electron chi connectivity index (χ2n) is 11.0. The molecular formula is C28H34N4O7. The second kappa shape index (κ2) is 9.72. The number of rotatable bonds is 4. The van der Waals surface area contributed by atoms with E-state index in [0.29, 0.717) is 17.8 Å². The molecule has 0 aliphatic heterocycles. The Bertz CT molecular complexity index is 1410. The highest BCUT2D eigenvalue weighted by Crippen LogP contribution is 2.53. The van der Waals surface area contributed by atoms with E-state index >= 15 is 0 Å². The Morgan fingerprint density at radius 3 is 2.31 bits per heavy atom. The van der Waals surface area contributed by atoms with Crippen LogP contribution in [0.2, 0.25) is 0 Å². The van der Waals surface area contributed by atoms with Crippen LogP contribution in [-0.4, -0.2) is 108 Å². The van der Waals surface area contributed by atoms with Crippen LogP contribution in [-0.2, 0) is 16.0 Å². The maximum atomic E-state index is 14.0. The van der Waals surface area contributed by atoms with Gasteiger partial charge in [-0.3, -0.25) is 24.2 Å². The number of nitrogens with zero attached hydrogens (tertiary/aromatic N) is 3. The Morgan fingerprint density at radius 2 is 1.77 bits per heavy atom. The van der Waals surface area contributed by atoms with Gasteiger partial charge in [-0.15, -0.1) is 0 Å². The molecule has 1 amide bonds. The van der Waals surface area contributed by atoms with Crippen molar-refractivity contribution in [3.63, 3.8) is 0 Å². The number of benzene rings is 1. The molecule has 1 unspecified atom stereocenters. The summed E-state index contributed by atoms with van der Waals surface area (Å²) in [4.78, 5) is 44.7. The number of aromatic hydroxyl groups is 1. The van der Waals surface area contributed by atoms with Gasteiger partial charge in [-0.05, 0) is 58.6 Å². The van der Waals surface area contributed by atoms with Crippen molar-refractivity contribution in [3.05, 3.63) is 45.4 Å². The number of primary amides is 1. The Morgan fingerprint density at radius 1 is 1.13 bits per heavy atom. The highest BCUT2D eigenvalue weighted by atomic mass is 16.3. The Kier molecular flexibility index (Phi) is 7.02. The lowest BCUT2D eigenvalue weighted by atomic mass is 9.58. The lowest BCUT2D eigenvalue weighted by molar-refractivity contribution is -0.148. The minimum Gasteiger partial charge on any atom is -0.510 e. The highest BCUT2D eigenvalue weighted by Gasteiger charge is 2.63.